The lowest BCUT2D eigenvalue weighted by molar-refractivity contribution is 0.567. The van der Waals surface area contributed by atoms with Gasteiger partial charge in [0.05, 0.1) is 5.69 Å². The largest absolute Gasteiger partial charge is 0.451 e. The molecule has 17 heavy (non-hydrogen) atoms. The van der Waals surface area contributed by atoms with Crippen LogP contribution in [-0.2, 0) is 0 Å². The van der Waals surface area contributed by atoms with E-state index in [9.17, 15) is 4.39 Å². The predicted molar refractivity (Wildman–Crippen MR) is 64.6 cm³/mol. The van der Waals surface area contributed by atoms with Crippen LogP contribution in [-0.4, -0.2) is 9.97 Å². The molecule has 0 fully saturated rings. The molecule has 3 rings (SSSR count). The molecule has 0 saturated heterocycles. The summed E-state index contributed by atoms with van der Waals surface area (Å²) in [6.07, 6.45) is 1.58. The number of H-pyrrole nitrogens is 1. The molecule has 3 aromatic rings. The van der Waals surface area contributed by atoms with E-state index in [0.29, 0.717) is 16.2 Å². The van der Waals surface area contributed by atoms with Crippen molar-refractivity contribution in [1.29, 1.82) is 0 Å². The van der Waals surface area contributed by atoms with Gasteiger partial charge in [-0.3, -0.25) is 0 Å². The van der Waals surface area contributed by atoms with Gasteiger partial charge in [0.15, 0.2) is 21.9 Å². The molecular formula is C12H7FN2OS. The smallest absolute Gasteiger partial charge is 0.197 e. The summed E-state index contributed by atoms with van der Waals surface area (Å²) < 4.78 is 19.3. The fourth-order valence-corrected chi connectivity index (χ4v) is 1.84. The first-order valence-electron chi connectivity index (χ1n) is 4.98. The van der Waals surface area contributed by atoms with E-state index in [1.807, 2.05) is 0 Å². The second-order valence-electron chi connectivity index (χ2n) is 3.56. The number of rotatable bonds is 1. The maximum atomic E-state index is 13.5. The quantitative estimate of drug-likeness (QED) is 0.666. The summed E-state index contributed by atoms with van der Waals surface area (Å²) in [4.78, 5) is 6.77. The van der Waals surface area contributed by atoms with Gasteiger partial charge in [-0.2, -0.15) is 0 Å². The highest BCUT2D eigenvalue weighted by molar-refractivity contribution is 7.71. The molecule has 0 bridgehead atoms. The third-order valence-electron chi connectivity index (χ3n) is 2.44. The summed E-state index contributed by atoms with van der Waals surface area (Å²) in [5.41, 5.74) is 0.930. The molecule has 5 heteroatoms. The van der Waals surface area contributed by atoms with Gasteiger partial charge in [0.2, 0.25) is 0 Å². The van der Waals surface area contributed by atoms with Crippen LogP contribution >= 0.6 is 12.2 Å². The lowest BCUT2D eigenvalue weighted by Gasteiger charge is -1.94. The van der Waals surface area contributed by atoms with Gasteiger partial charge in [0.1, 0.15) is 0 Å². The van der Waals surface area contributed by atoms with E-state index in [4.69, 9.17) is 16.6 Å². The molecule has 0 unspecified atom stereocenters. The van der Waals surface area contributed by atoms with Crippen LogP contribution in [0.3, 0.4) is 0 Å². The molecule has 0 aliphatic rings. The summed E-state index contributed by atoms with van der Waals surface area (Å²) >= 11 is 4.92. The van der Waals surface area contributed by atoms with Crippen LogP contribution in [0.1, 0.15) is 0 Å². The number of hydrogen-bond acceptors (Lipinski definition) is 3. The standard InChI is InChI=1S/C12H7FN2OS/c13-8-3-1-2-7-6-10(16-11(7)8)9-4-5-14-12(17)15-9/h1-6H,(H,14,15,17). The third-order valence-corrected chi connectivity index (χ3v) is 2.64. The Bertz CT molecular complexity index is 747. The molecule has 1 aromatic carbocycles. The van der Waals surface area contributed by atoms with Gasteiger partial charge in [0.25, 0.3) is 0 Å². The van der Waals surface area contributed by atoms with Crippen LogP contribution in [0, 0.1) is 10.6 Å². The molecule has 0 radical (unpaired) electrons. The number of benzene rings is 1. The minimum absolute atomic E-state index is 0.249. The number of aromatic amines is 1. The Morgan fingerprint density at radius 2 is 2.18 bits per heavy atom. The lowest BCUT2D eigenvalue weighted by Crippen LogP contribution is -1.83. The summed E-state index contributed by atoms with van der Waals surface area (Å²) in [5.74, 6) is 0.167. The summed E-state index contributed by atoms with van der Waals surface area (Å²) in [6.45, 7) is 0. The Labute approximate surface area is 101 Å². The second kappa shape index (κ2) is 3.78. The first kappa shape index (κ1) is 10.2. The monoisotopic (exact) mass is 246 g/mol. The van der Waals surface area contributed by atoms with E-state index >= 15 is 0 Å². The summed E-state index contributed by atoms with van der Waals surface area (Å²) in [6, 6.07) is 8.29. The number of fused-ring (bicyclic) bond motifs is 1. The van der Waals surface area contributed by atoms with Crippen molar-refractivity contribution >= 4 is 23.2 Å². The molecule has 0 saturated carbocycles. The fourth-order valence-electron chi connectivity index (χ4n) is 1.67. The van der Waals surface area contributed by atoms with Gasteiger partial charge in [0, 0.05) is 11.6 Å². The lowest BCUT2D eigenvalue weighted by atomic mass is 10.2. The molecule has 2 heterocycles. The fraction of sp³-hybridized carbons (Fsp3) is 0. The average Bonchev–Trinajstić information content (AvgIpc) is 2.74. The van der Waals surface area contributed by atoms with Crippen molar-refractivity contribution in [2.24, 2.45) is 0 Å². The Morgan fingerprint density at radius 3 is 2.94 bits per heavy atom. The van der Waals surface area contributed by atoms with Crippen molar-refractivity contribution in [2.45, 2.75) is 0 Å². The first-order valence-corrected chi connectivity index (χ1v) is 5.38. The summed E-state index contributed by atoms with van der Waals surface area (Å²) in [5, 5.41) is 0.719. The zero-order chi connectivity index (χ0) is 11.8. The SMILES string of the molecule is Fc1cccc2cc(-c3ccnc(=S)[nH]3)oc12. The maximum absolute atomic E-state index is 13.5. The molecule has 0 atom stereocenters. The van der Waals surface area contributed by atoms with Crippen LogP contribution in [0.4, 0.5) is 4.39 Å². The van der Waals surface area contributed by atoms with Crippen molar-refractivity contribution in [1.82, 2.24) is 9.97 Å². The number of halogens is 1. The van der Waals surface area contributed by atoms with E-state index in [-0.39, 0.29) is 11.4 Å². The van der Waals surface area contributed by atoms with E-state index in [0.717, 1.165) is 5.39 Å². The van der Waals surface area contributed by atoms with Gasteiger partial charge >= 0.3 is 0 Å². The highest BCUT2D eigenvalue weighted by Crippen LogP contribution is 2.27. The van der Waals surface area contributed by atoms with Gasteiger partial charge in [-0.15, -0.1) is 0 Å². The van der Waals surface area contributed by atoms with Crippen molar-refractivity contribution in [3.63, 3.8) is 0 Å². The molecule has 2 aromatic heterocycles. The minimum Gasteiger partial charge on any atom is -0.451 e. The van der Waals surface area contributed by atoms with Crippen LogP contribution in [0.15, 0.2) is 40.9 Å². The zero-order valence-corrected chi connectivity index (χ0v) is 9.42. The Kier molecular flexibility index (Phi) is 2.26. The number of hydrogen-bond donors (Lipinski definition) is 1. The van der Waals surface area contributed by atoms with Crippen molar-refractivity contribution in [2.75, 3.05) is 0 Å². The van der Waals surface area contributed by atoms with Crippen molar-refractivity contribution in [3.8, 4) is 11.5 Å². The number of furan rings is 1. The van der Waals surface area contributed by atoms with Gasteiger partial charge in [-0.05, 0) is 30.4 Å². The number of nitrogens with zero attached hydrogens (tertiary/aromatic N) is 1. The minimum atomic E-state index is -0.374. The second-order valence-corrected chi connectivity index (χ2v) is 3.94. The Balaban J connectivity index is 2.25. The van der Waals surface area contributed by atoms with Gasteiger partial charge < -0.3 is 9.40 Å². The predicted octanol–water partition coefficient (Wildman–Crippen LogP) is 3.69. The van der Waals surface area contributed by atoms with Crippen LogP contribution < -0.4 is 0 Å². The maximum Gasteiger partial charge on any atom is 0.197 e. The normalized spacial score (nSPS) is 10.9. The van der Waals surface area contributed by atoms with Crippen LogP contribution in [0.25, 0.3) is 22.4 Å². The molecule has 3 nitrogen and oxygen atoms in total. The number of nitrogens with one attached hydrogen (secondary N) is 1. The number of aromatic nitrogens is 2. The molecule has 0 aliphatic heterocycles. The van der Waals surface area contributed by atoms with Gasteiger partial charge in [-0.25, -0.2) is 9.37 Å². The van der Waals surface area contributed by atoms with Crippen LogP contribution in [0.2, 0.25) is 0 Å². The van der Waals surface area contributed by atoms with E-state index in [2.05, 4.69) is 9.97 Å². The highest BCUT2D eigenvalue weighted by Gasteiger charge is 2.09. The van der Waals surface area contributed by atoms with E-state index < -0.39 is 0 Å². The van der Waals surface area contributed by atoms with Crippen LogP contribution in [0.5, 0.6) is 0 Å². The molecular weight excluding hydrogens is 239 g/mol. The molecule has 1 N–H and O–H groups in total. The summed E-state index contributed by atoms with van der Waals surface area (Å²) in [7, 11) is 0. The molecule has 0 amide bonds. The van der Waals surface area contributed by atoms with Gasteiger partial charge in [-0.1, -0.05) is 12.1 Å². The average molecular weight is 246 g/mol. The topological polar surface area (TPSA) is 41.8 Å². The molecule has 0 spiro atoms. The Hall–Kier alpha value is -2.01. The zero-order valence-electron chi connectivity index (χ0n) is 8.61. The van der Waals surface area contributed by atoms with E-state index in [1.54, 1.807) is 30.5 Å². The Morgan fingerprint density at radius 1 is 1.29 bits per heavy atom. The molecule has 84 valence electrons. The highest BCUT2D eigenvalue weighted by atomic mass is 32.1. The number of para-hydroxylation sites is 1. The third kappa shape index (κ3) is 1.74. The first-order chi connectivity index (χ1) is 8.24. The van der Waals surface area contributed by atoms with Crippen molar-refractivity contribution in [3.05, 3.63) is 47.1 Å². The molecule has 0 aliphatic carbocycles. The van der Waals surface area contributed by atoms with Crippen molar-refractivity contribution < 1.29 is 8.81 Å². The van der Waals surface area contributed by atoms with E-state index in [1.165, 1.54) is 6.07 Å².